The molecule has 138 valence electrons. The van der Waals surface area contributed by atoms with Crippen molar-refractivity contribution in [2.45, 2.75) is 6.92 Å². The third kappa shape index (κ3) is 3.64. The van der Waals surface area contributed by atoms with Gasteiger partial charge >= 0.3 is 6.03 Å². The van der Waals surface area contributed by atoms with E-state index in [0.717, 1.165) is 4.90 Å². The molecule has 2 heterocycles. The standard InChI is InChI=1S/C19H17N3O5/c1-3-27-15-7-6-12(10-16(15)26-2)9-14-17(23)21-19(25)22(18(14)24)13-5-4-8-20-11-13/h4-11H,3H2,1-2H3,(H,21,23,25)/b14-9+. The molecule has 3 rings (SSSR count). The Balaban J connectivity index is 1.98. The average Bonchev–Trinajstić information content (AvgIpc) is 2.67. The Morgan fingerprint density at radius 2 is 2.00 bits per heavy atom. The summed E-state index contributed by atoms with van der Waals surface area (Å²) in [5.74, 6) is -0.480. The lowest BCUT2D eigenvalue weighted by Gasteiger charge is -2.26. The van der Waals surface area contributed by atoms with Gasteiger partial charge in [0.25, 0.3) is 11.8 Å². The summed E-state index contributed by atoms with van der Waals surface area (Å²) in [6.07, 6.45) is 4.28. The van der Waals surface area contributed by atoms with Crippen molar-refractivity contribution >= 4 is 29.6 Å². The number of benzene rings is 1. The SMILES string of the molecule is CCOc1ccc(/C=C2\C(=O)NC(=O)N(c3cccnc3)C2=O)cc1OC. The highest BCUT2D eigenvalue weighted by Crippen LogP contribution is 2.29. The third-order valence-electron chi connectivity index (χ3n) is 3.80. The van der Waals surface area contributed by atoms with Gasteiger partial charge in [-0.3, -0.25) is 19.9 Å². The summed E-state index contributed by atoms with van der Waals surface area (Å²) in [5, 5.41) is 2.16. The fourth-order valence-electron chi connectivity index (χ4n) is 2.59. The zero-order valence-corrected chi connectivity index (χ0v) is 14.8. The number of urea groups is 1. The molecule has 0 unspecified atom stereocenters. The molecule has 1 saturated heterocycles. The summed E-state index contributed by atoms with van der Waals surface area (Å²) in [7, 11) is 1.50. The number of aromatic nitrogens is 1. The van der Waals surface area contributed by atoms with Gasteiger partial charge in [-0.05, 0) is 42.8 Å². The number of carbonyl (C=O) groups is 3. The first-order valence-electron chi connectivity index (χ1n) is 8.17. The largest absolute Gasteiger partial charge is 0.493 e. The maximum atomic E-state index is 12.8. The number of carbonyl (C=O) groups excluding carboxylic acids is 3. The zero-order valence-electron chi connectivity index (χ0n) is 14.8. The molecule has 1 aliphatic rings. The van der Waals surface area contributed by atoms with Gasteiger partial charge in [0.05, 0.1) is 25.6 Å². The number of hydrogen-bond donors (Lipinski definition) is 1. The summed E-state index contributed by atoms with van der Waals surface area (Å²) in [6.45, 7) is 2.32. The van der Waals surface area contributed by atoms with Crippen LogP contribution in [0.3, 0.4) is 0 Å². The number of barbiturate groups is 1. The molecule has 8 nitrogen and oxygen atoms in total. The molecule has 0 saturated carbocycles. The van der Waals surface area contributed by atoms with Crippen molar-refractivity contribution in [3.63, 3.8) is 0 Å². The Labute approximate surface area is 155 Å². The van der Waals surface area contributed by atoms with E-state index in [2.05, 4.69) is 10.3 Å². The molecule has 27 heavy (non-hydrogen) atoms. The van der Waals surface area contributed by atoms with Crippen LogP contribution in [0, 0.1) is 0 Å². The minimum Gasteiger partial charge on any atom is -0.493 e. The number of nitrogens with one attached hydrogen (secondary N) is 1. The Hall–Kier alpha value is -3.68. The van der Waals surface area contributed by atoms with E-state index >= 15 is 0 Å². The van der Waals surface area contributed by atoms with E-state index in [9.17, 15) is 14.4 Å². The molecular weight excluding hydrogens is 350 g/mol. The number of amides is 4. The molecule has 1 aromatic carbocycles. The van der Waals surface area contributed by atoms with Gasteiger partial charge in [0.2, 0.25) is 0 Å². The van der Waals surface area contributed by atoms with Crippen LogP contribution in [0.1, 0.15) is 12.5 Å². The molecule has 0 atom stereocenters. The predicted octanol–water partition coefficient (Wildman–Crippen LogP) is 2.16. The minimum absolute atomic E-state index is 0.176. The van der Waals surface area contributed by atoms with E-state index in [-0.39, 0.29) is 11.3 Å². The number of pyridine rings is 1. The van der Waals surface area contributed by atoms with E-state index in [0.29, 0.717) is 23.7 Å². The maximum Gasteiger partial charge on any atom is 0.336 e. The van der Waals surface area contributed by atoms with Gasteiger partial charge in [0.1, 0.15) is 5.57 Å². The van der Waals surface area contributed by atoms with Crippen molar-refractivity contribution in [3.05, 3.63) is 53.9 Å². The molecular formula is C19H17N3O5. The van der Waals surface area contributed by atoms with Gasteiger partial charge in [-0.15, -0.1) is 0 Å². The molecule has 1 aromatic heterocycles. The second kappa shape index (κ2) is 7.69. The Morgan fingerprint density at radius 1 is 1.19 bits per heavy atom. The number of nitrogens with zero attached hydrogens (tertiary/aromatic N) is 2. The second-order valence-electron chi connectivity index (χ2n) is 5.51. The van der Waals surface area contributed by atoms with Crippen LogP contribution in [-0.4, -0.2) is 36.5 Å². The van der Waals surface area contributed by atoms with Crippen LogP contribution < -0.4 is 19.7 Å². The van der Waals surface area contributed by atoms with E-state index in [1.165, 1.54) is 25.6 Å². The number of anilines is 1. The summed E-state index contributed by atoms with van der Waals surface area (Å²) in [5.41, 5.74) is 0.640. The van der Waals surface area contributed by atoms with Crippen LogP contribution >= 0.6 is 0 Å². The van der Waals surface area contributed by atoms with Crippen molar-refractivity contribution < 1.29 is 23.9 Å². The van der Waals surface area contributed by atoms with E-state index < -0.39 is 17.8 Å². The van der Waals surface area contributed by atoms with Crippen molar-refractivity contribution in [3.8, 4) is 11.5 Å². The Morgan fingerprint density at radius 3 is 2.67 bits per heavy atom. The van der Waals surface area contributed by atoms with Crippen LogP contribution in [0.4, 0.5) is 10.5 Å². The van der Waals surface area contributed by atoms with Crippen molar-refractivity contribution in [1.82, 2.24) is 10.3 Å². The van der Waals surface area contributed by atoms with Gasteiger partial charge < -0.3 is 9.47 Å². The summed E-state index contributed by atoms with van der Waals surface area (Å²) in [6, 6.07) is 7.34. The van der Waals surface area contributed by atoms with Crippen molar-refractivity contribution in [2.24, 2.45) is 0 Å². The lowest BCUT2D eigenvalue weighted by molar-refractivity contribution is -0.122. The fraction of sp³-hybridized carbons (Fsp3) is 0.158. The van der Waals surface area contributed by atoms with E-state index in [4.69, 9.17) is 9.47 Å². The lowest BCUT2D eigenvalue weighted by atomic mass is 10.1. The summed E-state index contributed by atoms with van der Waals surface area (Å²) in [4.78, 5) is 41.8. The molecule has 1 N–H and O–H groups in total. The van der Waals surface area contributed by atoms with Crippen LogP contribution in [0.2, 0.25) is 0 Å². The minimum atomic E-state index is -0.820. The topological polar surface area (TPSA) is 97.8 Å². The lowest BCUT2D eigenvalue weighted by Crippen LogP contribution is -2.54. The number of methoxy groups -OCH3 is 1. The van der Waals surface area contributed by atoms with Gasteiger partial charge in [0.15, 0.2) is 11.5 Å². The second-order valence-corrected chi connectivity index (χ2v) is 5.51. The maximum absolute atomic E-state index is 12.8. The summed E-state index contributed by atoms with van der Waals surface area (Å²) < 4.78 is 10.7. The van der Waals surface area contributed by atoms with E-state index in [1.54, 1.807) is 30.3 Å². The van der Waals surface area contributed by atoms with Crippen LogP contribution in [-0.2, 0) is 9.59 Å². The highest BCUT2D eigenvalue weighted by atomic mass is 16.5. The van der Waals surface area contributed by atoms with Gasteiger partial charge in [-0.2, -0.15) is 0 Å². The molecule has 2 aromatic rings. The first-order chi connectivity index (χ1) is 13.0. The fourth-order valence-corrected chi connectivity index (χ4v) is 2.59. The normalized spacial score (nSPS) is 15.7. The zero-order chi connectivity index (χ0) is 19.4. The molecule has 0 bridgehead atoms. The summed E-state index contributed by atoms with van der Waals surface area (Å²) >= 11 is 0. The molecule has 1 aliphatic heterocycles. The highest BCUT2D eigenvalue weighted by Gasteiger charge is 2.36. The van der Waals surface area contributed by atoms with Gasteiger partial charge in [-0.1, -0.05) is 6.07 Å². The number of imide groups is 2. The Bertz CT molecular complexity index is 924. The van der Waals surface area contributed by atoms with Crippen molar-refractivity contribution in [2.75, 3.05) is 18.6 Å². The number of ether oxygens (including phenoxy) is 2. The van der Waals surface area contributed by atoms with Crippen LogP contribution in [0.25, 0.3) is 6.08 Å². The molecule has 0 aliphatic carbocycles. The smallest absolute Gasteiger partial charge is 0.336 e. The number of hydrogen-bond acceptors (Lipinski definition) is 6. The molecule has 1 fully saturated rings. The molecule has 0 spiro atoms. The molecule has 8 heteroatoms. The van der Waals surface area contributed by atoms with Crippen LogP contribution in [0.5, 0.6) is 11.5 Å². The first-order valence-corrected chi connectivity index (χ1v) is 8.17. The van der Waals surface area contributed by atoms with E-state index in [1.807, 2.05) is 6.92 Å². The van der Waals surface area contributed by atoms with Gasteiger partial charge in [0, 0.05) is 6.20 Å². The quantitative estimate of drug-likeness (QED) is 0.642. The van der Waals surface area contributed by atoms with Crippen LogP contribution in [0.15, 0.2) is 48.3 Å². The third-order valence-corrected chi connectivity index (χ3v) is 3.80. The number of rotatable bonds is 5. The average molecular weight is 367 g/mol. The van der Waals surface area contributed by atoms with Gasteiger partial charge in [-0.25, -0.2) is 9.69 Å². The predicted molar refractivity (Wildman–Crippen MR) is 97.4 cm³/mol. The van der Waals surface area contributed by atoms with Crippen molar-refractivity contribution in [1.29, 1.82) is 0 Å². The Kier molecular flexibility index (Phi) is 5.16. The first kappa shape index (κ1) is 18.1. The highest BCUT2D eigenvalue weighted by molar-refractivity contribution is 6.39. The molecule has 4 amide bonds. The molecule has 0 radical (unpaired) electrons. The monoisotopic (exact) mass is 367 g/mol.